The first kappa shape index (κ1) is 14.9. The lowest BCUT2D eigenvalue weighted by molar-refractivity contribution is -0.148. The van der Waals surface area contributed by atoms with Gasteiger partial charge in [0.2, 0.25) is 0 Å². The van der Waals surface area contributed by atoms with E-state index in [4.69, 9.17) is 27.9 Å². The van der Waals surface area contributed by atoms with Crippen molar-refractivity contribution in [1.29, 1.82) is 0 Å². The minimum Gasteiger partial charge on any atom is -0.477 e. The molecule has 1 rings (SSSR count). The quantitative estimate of drug-likeness (QED) is 0.609. The van der Waals surface area contributed by atoms with Gasteiger partial charge in [0.1, 0.15) is 5.75 Å². The van der Waals surface area contributed by atoms with Crippen LogP contribution in [0, 0.1) is 0 Å². The molecular formula is C13H14Cl2O3. The van der Waals surface area contributed by atoms with Crippen molar-refractivity contribution in [2.45, 2.75) is 19.4 Å². The van der Waals surface area contributed by atoms with Crippen LogP contribution in [0.5, 0.6) is 5.75 Å². The molecule has 0 aromatic heterocycles. The number of esters is 1. The summed E-state index contributed by atoms with van der Waals surface area (Å²) in [6.07, 6.45) is -0.391. The van der Waals surface area contributed by atoms with Crippen molar-refractivity contribution in [2.75, 3.05) is 7.11 Å². The maximum atomic E-state index is 11.6. The van der Waals surface area contributed by atoms with Crippen molar-refractivity contribution in [1.82, 2.24) is 0 Å². The summed E-state index contributed by atoms with van der Waals surface area (Å²) in [5, 5.41) is 0.847. The largest absolute Gasteiger partial charge is 0.477 e. The van der Waals surface area contributed by atoms with Crippen LogP contribution in [0.25, 0.3) is 0 Å². The van der Waals surface area contributed by atoms with E-state index in [0.29, 0.717) is 22.2 Å². The second-order valence-electron chi connectivity index (χ2n) is 3.87. The molecule has 0 aliphatic carbocycles. The van der Waals surface area contributed by atoms with Crippen LogP contribution in [-0.2, 0) is 9.53 Å². The molecule has 18 heavy (non-hydrogen) atoms. The maximum Gasteiger partial charge on any atom is 0.347 e. The lowest BCUT2D eigenvalue weighted by atomic mass is 10.1. The fourth-order valence-electron chi connectivity index (χ4n) is 1.35. The molecule has 3 nitrogen and oxygen atoms in total. The van der Waals surface area contributed by atoms with E-state index in [2.05, 4.69) is 11.3 Å². The van der Waals surface area contributed by atoms with E-state index < -0.39 is 12.1 Å². The predicted molar refractivity (Wildman–Crippen MR) is 72.3 cm³/mol. The number of halogens is 2. The summed E-state index contributed by atoms with van der Waals surface area (Å²) in [7, 11) is 1.31. The zero-order valence-corrected chi connectivity index (χ0v) is 11.7. The molecule has 0 bridgehead atoms. The molecule has 0 radical (unpaired) electrons. The highest BCUT2D eigenvalue weighted by Gasteiger charge is 2.22. The minimum absolute atomic E-state index is 0.345. The number of carbonyl (C=O) groups excluding carboxylic acids is 1. The normalized spacial score (nSPS) is 11.8. The van der Waals surface area contributed by atoms with E-state index in [9.17, 15) is 4.79 Å². The van der Waals surface area contributed by atoms with Gasteiger partial charge in [-0.25, -0.2) is 4.79 Å². The van der Waals surface area contributed by atoms with Gasteiger partial charge in [-0.1, -0.05) is 35.4 Å². The number of hydrogen-bond donors (Lipinski definition) is 0. The van der Waals surface area contributed by atoms with E-state index >= 15 is 0 Å². The number of methoxy groups -OCH3 is 1. The zero-order valence-electron chi connectivity index (χ0n) is 10.2. The highest BCUT2D eigenvalue weighted by Crippen LogP contribution is 2.29. The summed E-state index contributed by atoms with van der Waals surface area (Å²) < 4.78 is 10.2. The summed E-state index contributed by atoms with van der Waals surface area (Å²) in [5.74, 6) is -0.0817. The van der Waals surface area contributed by atoms with E-state index in [1.807, 2.05) is 6.92 Å². The van der Waals surface area contributed by atoms with Crippen molar-refractivity contribution in [3.63, 3.8) is 0 Å². The molecule has 0 aliphatic heterocycles. The highest BCUT2D eigenvalue weighted by molar-refractivity contribution is 6.35. The predicted octanol–water partition coefficient (Wildman–Crippen LogP) is 3.88. The SMILES string of the molecule is C=C(C)CC(Oc1ccc(Cl)cc1Cl)C(=O)OC. The molecule has 1 aromatic rings. The molecule has 98 valence electrons. The van der Waals surface area contributed by atoms with Crippen LogP contribution in [0.3, 0.4) is 0 Å². The van der Waals surface area contributed by atoms with Gasteiger partial charge in [-0.2, -0.15) is 0 Å². The first-order valence-corrected chi connectivity index (χ1v) is 6.03. The number of carbonyl (C=O) groups is 1. The Hall–Kier alpha value is -1.19. The van der Waals surface area contributed by atoms with Gasteiger partial charge in [0.15, 0.2) is 6.10 Å². The van der Waals surface area contributed by atoms with Crippen molar-refractivity contribution in [3.05, 3.63) is 40.4 Å². The molecule has 1 unspecified atom stereocenters. The Morgan fingerprint density at radius 3 is 2.61 bits per heavy atom. The van der Waals surface area contributed by atoms with E-state index in [1.54, 1.807) is 18.2 Å². The van der Waals surface area contributed by atoms with Crippen molar-refractivity contribution in [2.24, 2.45) is 0 Å². The molecule has 0 saturated heterocycles. The Balaban J connectivity index is 2.88. The Kier molecular flexibility index (Phi) is 5.51. The summed E-state index contributed by atoms with van der Waals surface area (Å²) >= 11 is 11.8. The molecule has 0 N–H and O–H groups in total. The van der Waals surface area contributed by atoms with Gasteiger partial charge >= 0.3 is 5.97 Å². The Morgan fingerprint density at radius 2 is 2.11 bits per heavy atom. The van der Waals surface area contributed by atoms with Crippen LogP contribution >= 0.6 is 23.2 Å². The Bertz CT molecular complexity index is 458. The van der Waals surface area contributed by atoms with Gasteiger partial charge in [0.05, 0.1) is 12.1 Å². The molecule has 0 aliphatic rings. The molecule has 0 spiro atoms. The van der Waals surface area contributed by atoms with Gasteiger partial charge in [-0.05, 0) is 25.1 Å². The molecule has 1 aromatic carbocycles. The maximum absolute atomic E-state index is 11.6. The molecule has 0 saturated carbocycles. The lowest BCUT2D eigenvalue weighted by Crippen LogP contribution is -2.28. The molecular weight excluding hydrogens is 275 g/mol. The van der Waals surface area contributed by atoms with Crippen LogP contribution < -0.4 is 4.74 Å². The molecule has 0 amide bonds. The Labute approximate surface area is 116 Å². The molecule has 0 heterocycles. The third-order valence-electron chi connectivity index (χ3n) is 2.16. The topological polar surface area (TPSA) is 35.5 Å². The second-order valence-corrected chi connectivity index (χ2v) is 4.71. The van der Waals surface area contributed by atoms with Crippen molar-refractivity contribution >= 4 is 29.2 Å². The number of ether oxygens (including phenoxy) is 2. The smallest absolute Gasteiger partial charge is 0.347 e. The van der Waals surface area contributed by atoms with Crippen LogP contribution in [0.15, 0.2) is 30.4 Å². The van der Waals surface area contributed by atoms with Gasteiger partial charge in [-0.15, -0.1) is 0 Å². The average Bonchev–Trinajstić information content (AvgIpc) is 2.30. The zero-order chi connectivity index (χ0) is 13.7. The third-order valence-corrected chi connectivity index (χ3v) is 2.69. The van der Waals surface area contributed by atoms with Gasteiger partial charge in [0, 0.05) is 11.4 Å². The minimum atomic E-state index is -0.758. The van der Waals surface area contributed by atoms with Crippen LogP contribution in [0.1, 0.15) is 13.3 Å². The Morgan fingerprint density at radius 1 is 1.44 bits per heavy atom. The van der Waals surface area contributed by atoms with Crippen LogP contribution in [0.4, 0.5) is 0 Å². The molecule has 5 heteroatoms. The first-order valence-electron chi connectivity index (χ1n) is 5.28. The summed E-state index contributed by atoms with van der Waals surface area (Å²) in [5.41, 5.74) is 0.815. The highest BCUT2D eigenvalue weighted by atomic mass is 35.5. The average molecular weight is 289 g/mol. The van der Waals surface area contributed by atoms with E-state index in [0.717, 1.165) is 5.57 Å². The van der Waals surface area contributed by atoms with Gasteiger partial charge in [0.25, 0.3) is 0 Å². The summed E-state index contributed by atoms with van der Waals surface area (Å²) in [4.78, 5) is 11.6. The van der Waals surface area contributed by atoms with Crippen molar-refractivity contribution < 1.29 is 14.3 Å². The fraction of sp³-hybridized carbons (Fsp3) is 0.308. The number of hydrogen-bond acceptors (Lipinski definition) is 3. The number of rotatable bonds is 5. The van der Waals surface area contributed by atoms with Crippen molar-refractivity contribution in [3.8, 4) is 5.75 Å². The lowest BCUT2D eigenvalue weighted by Gasteiger charge is -2.17. The standard InChI is InChI=1S/C13H14Cl2O3/c1-8(2)6-12(13(16)17-3)18-11-5-4-9(14)7-10(11)15/h4-5,7,12H,1,6H2,2-3H3. The second kappa shape index (κ2) is 6.66. The number of benzene rings is 1. The molecule has 1 atom stereocenters. The fourth-order valence-corrected chi connectivity index (χ4v) is 1.80. The van der Waals surface area contributed by atoms with Gasteiger partial charge < -0.3 is 9.47 Å². The van der Waals surface area contributed by atoms with E-state index in [-0.39, 0.29) is 0 Å². The van der Waals surface area contributed by atoms with E-state index in [1.165, 1.54) is 7.11 Å². The monoisotopic (exact) mass is 288 g/mol. The summed E-state index contributed by atoms with van der Waals surface area (Å²) in [6.45, 7) is 5.56. The van der Waals surface area contributed by atoms with Gasteiger partial charge in [-0.3, -0.25) is 0 Å². The first-order chi connectivity index (χ1) is 8.43. The summed E-state index contributed by atoms with van der Waals surface area (Å²) in [6, 6.07) is 4.80. The molecule has 0 fully saturated rings. The van der Waals surface area contributed by atoms with Crippen LogP contribution in [0.2, 0.25) is 10.0 Å². The van der Waals surface area contributed by atoms with Crippen LogP contribution in [-0.4, -0.2) is 19.2 Å². The third kappa shape index (κ3) is 4.24.